The van der Waals surface area contributed by atoms with E-state index >= 15 is 0 Å². The van der Waals surface area contributed by atoms with E-state index in [1.807, 2.05) is 44.4 Å². The fraction of sp³-hybridized carbons (Fsp3) is 0.406. The van der Waals surface area contributed by atoms with E-state index < -0.39 is 18.1 Å². The molecule has 1 atom stereocenters. The zero-order valence-corrected chi connectivity index (χ0v) is 25.3. The van der Waals surface area contributed by atoms with Crippen LogP contribution in [-0.4, -0.2) is 73.7 Å². The van der Waals surface area contributed by atoms with E-state index in [9.17, 15) is 15.0 Å². The third-order valence-corrected chi connectivity index (χ3v) is 7.56. The van der Waals surface area contributed by atoms with Gasteiger partial charge in [-0.15, -0.1) is 0 Å². The van der Waals surface area contributed by atoms with Crippen molar-refractivity contribution in [3.8, 4) is 34.1 Å². The lowest BCUT2D eigenvalue weighted by molar-refractivity contribution is -0.145. The fourth-order valence-corrected chi connectivity index (χ4v) is 4.77. The summed E-state index contributed by atoms with van der Waals surface area (Å²) in [5.74, 6) is 1.32. The van der Waals surface area contributed by atoms with E-state index in [-0.39, 0.29) is 13.2 Å². The van der Waals surface area contributed by atoms with Gasteiger partial charge in [0.25, 0.3) is 0 Å². The van der Waals surface area contributed by atoms with Crippen LogP contribution in [0.15, 0.2) is 48.5 Å². The molecule has 0 unspecified atom stereocenters. The SMILES string of the molecule is Cc1c(COc2cc(OCCCN(C)C)c(CN[C@@](C)(CO)C(=O)O)cc2Cl)cccc1-c1ccc2c(c1)OCCO2. The number of carboxylic acid groups (broad SMARTS) is 1. The second-order valence-corrected chi connectivity index (χ2v) is 11.2. The minimum Gasteiger partial charge on any atom is -0.493 e. The summed E-state index contributed by atoms with van der Waals surface area (Å²) in [6.45, 7) is 5.71. The van der Waals surface area contributed by atoms with E-state index in [1.165, 1.54) is 6.92 Å². The van der Waals surface area contributed by atoms with Crippen molar-refractivity contribution in [1.82, 2.24) is 10.2 Å². The number of aliphatic carboxylic acids is 1. The van der Waals surface area contributed by atoms with Crippen LogP contribution in [0.4, 0.5) is 0 Å². The first-order valence-electron chi connectivity index (χ1n) is 13.9. The molecule has 0 saturated heterocycles. The smallest absolute Gasteiger partial charge is 0.326 e. The van der Waals surface area contributed by atoms with Crippen LogP contribution < -0.4 is 24.3 Å². The lowest BCUT2D eigenvalue weighted by Gasteiger charge is -2.25. The van der Waals surface area contributed by atoms with Gasteiger partial charge in [-0.3, -0.25) is 10.1 Å². The molecule has 0 saturated carbocycles. The summed E-state index contributed by atoms with van der Waals surface area (Å²) in [6.07, 6.45) is 0.800. The second kappa shape index (κ2) is 14.1. The molecule has 42 heavy (non-hydrogen) atoms. The molecule has 1 heterocycles. The van der Waals surface area contributed by atoms with Crippen LogP contribution in [0.2, 0.25) is 5.02 Å². The van der Waals surface area contributed by atoms with Crippen LogP contribution in [0.5, 0.6) is 23.0 Å². The van der Waals surface area contributed by atoms with Gasteiger partial charge in [0, 0.05) is 24.7 Å². The number of benzene rings is 3. The maximum atomic E-state index is 11.7. The Morgan fingerprint density at radius 1 is 1.05 bits per heavy atom. The number of hydrogen-bond donors (Lipinski definition) is 3. The number of fused-ring (bicyclic) bond motifs is 1. The molecule has 0 aliphatic carbocycles. The predicted molar refractivity (Wildman–Crippen MR) is 162 cm³/mol. The maximum absolute atomic E-state index is 11.7. The average molecular weight is 599 g/mol. The number of aliphatic hydroxyl groups excluding tert-OH is 1. The van der Waals surface area contributed by atoms with Gasteiger partial charge in [-0.25, -0.2) is 0 Å². The van der Waals surface area contributed by atoms with Crippen LogP contribution >= 0.6 is 11.6 Å². The number of rotatable bonds is 14. The largest absolute Gasteiger partial charge is 0.493 e. The lowest BCUT2D eigenvalue weighted by Crippen LogP contribution is -2.52. The third-order valence-electron chi connectivity index (χ3n) is 7.26. The highest BCUT2D eigenvalue weighted by Gasteiger charge is 2.32. The van der Waals surface area contributed by atoms with Crippen molar-refractivity contribution < 1.29 is 34.0 Å². The summed E-state index contributed by atoms with van der Waals surface area (Å²) >= 11 is 6.64. The number of carbonyl (C=O) groups is 1. The molecule has 4 rings (SSSR count). The van der Waals surface area contributed by atoms with Crippen molar-refractivity contribution in [2.75, 3.05) is 47.1 Å². The van der Waals surface area contributed by atoms with Gasteiger partial charge >= 0.3 is 5.97 Å². The molecular weight excluding hydrogens is 560 g/mol. The minimum atomic E-state index is -1.51. The summed E-state index contributed by atoms with van der Waals surface area (Å²) in [7, 11) is 3.99. The molecule has 0 aromatic heterocycles. The first kappa shape index (κ1) is 31.4. The van der Waals surface area contributed by atoms with Crippen LogP contribution in [0.3, 0.4) is 0 Å². The number of carboxylic acids is 1. The highest BCUT2D eigenvalue weighted by Crippen LogP contribution is 2.37. The zero-order valence-electron chi connectivity index (χ0n) is 24.5. The Hall–Kier alpha value is -3.50. The Kier molecular flexibility index (Phi) is 10.6. The van der Waals surface area contributed by atoms with Crippen LogP contribution in [0.25, 0.3) is 11.1 Å². The van der Waals surface area contributed by atoms with E-state index in [0.717, 1.165) is 46.7 Å². The van der Waals surface area contributed by atoms with Gasteiger partial charge in [-0.2, -0.15) is 0 Å². The molecule has 3 N–H and O–H groups in total. The summed E-state index contributed by atoms with van der Waals surface area (Å²) in [5.41, 5.74) is 3.31. The van der Waals surface area contributed by atoms with E-state index in [4.69, 9.17) is 30.5 Å². The minimum absolute atomic E-state index is 0.128. The molecule has 3 aromatic rings. The van der Waals surface area contributed by atoms with Gasteiger partial charge in [0.05, 0.1) is 18.2 Å². The summed E-state index contributed by atoms with van der Waals surface area (Å²) in [6, 6.07) is 15.5. The normalized spacial score (nSPS) is 14.0. The van der Waals surface area contributed by atoms with Crippen molar-refractivity contribution in [3.05, 3.63) is 70.2 Å². The van der Waals surface area contributed by atoms with E-state index in [1.54, 1.807) is 12.1 Å². The Labute approximate surface area is 251 Å². The number of halogens is 1. The standard InChI is InChI=1S/C32H39ClN2O7/c1-21-23(7-5-8-25(21)22-9-10-27-30(16-22)41-14-13-40-27)19-42-29-17-28(39-12-6-11-35(3)4)24(15-26(29)33)18-34-32(2,20-36)31(37)38/h5,7-10,15-17,34,36H,6,11-14,18-20H2,1-4H3,(H,37,38)/t32-/m0/s1. The Bertz CT molecular complexity index is 1400. The van der Waals surface area contributed by atoms with Gasteiger partial charge in [0.2, 0.25) is 0 Å². The second-order valence-electron chi connectivity index (χ2n) is 10.8. The van der Waals surface area contributed by atoms with Crippen molar-refractivity contribution in [1.29, 1.82) is 0 Å². The zero-order chi connectivity index (χ0) is 30.3. The Balaban J connectivity index is 1.54. The number of nitrogens with one attached hydrogen (secondary N) is 1. The maximum Gasteiger partial charge on any atom is 0.326 e. The Morgan fingerprint density at radius 2 is 1.81 bits per heavy atom. The molecule has 0 bridgehead atoms. The topological polar surface area (TPSA) is 110 Å². The van der Waals surface area contributed by atoms with Crippen LogP contribution in [0.1, 0.15) is 30.0 Å². The third kappa shape index (κ3) is 7.66. The molecule has 1 aliphatic rings. The van der Waals surface area contributed by atoms with Gasteiger partial charge < -0.3 is 34.1 Å². The number of hydrogen-bond acceptors (Lipinski definition) is 8. The van der Waals surface area contributed by atoms with Crippen LogP contribution in [-0.2, 0) is 17.9 Å². The summed E-state index contributed by atoms with van der Waals surface area (Å²) in [4.78, 5) is 13.7. The molecule has 9 nitrogen and oxygen atoms in total. The molecule has 0 fully saturated rings. The van der Waals surface area contributed by atoms with E-state index in [2.05, 4.69) is 23.2 Å². The van der Waals surface area contributed by atoms with E-state index in [0.29, 0.717) is 41.9 Å². The molecule has 0 amide bonds. The molecule has 0 radical (unpaired) electrons. The Morgan fingerprint density at radius 3 is 2.52 bits per heavy atom. The number of aliphatic hydroxyl groups is 1. The average Bonchev–Trinajstić information content (AvgIpc) is 2.98. The molecule has 0 spiro atoms. The van der Waals surface area contributed by atoms with Gasteiger partial charge in [-0.1, -0.05) is 35.9 Å². The summed E-state index contributed by atoms with van der Waals surface area (Å²) in [5, 5.41) is 22.4. The first-order valence-corrected chi connectivity index (χ1v) is 14.3. The molecule has 1 aliphatic heterocycles. The molecule has 226 valence electrons. The van der Waals surface area contributed by atoms with Crippen molar-refractivity contribution in [2.45, 2.75) is 39.0 Å². The molecule has 10 heteroatoms. The monoisotopic (exact) mass is 598 g/mol. The molecule has 3 aromatic carbocycles. The highest BCUT2D eigenvalue weighted by molar-refractivity contribution is 6.32. The van der Waals surface area contributed by atoms with Gasteiger partial charge in [0.1, 0.15) is 36.9 Å². The lowest BCUT2D eigenvalue weighted by atomic mass is 9.96. The van der Waals surface area contributed by atoms with Gasteiger partial charge in [-0.05, 0) is 74.8 Å². The van der Waals surface area contributed by atoms with Gasteiger partial charge in [0.15, 0.2) is 11.5 Å². The molecular formula is C32H39ClN2O7. The van der Waals surface area contributed by atoms with Crippen molar-refractivity contribution in [3.63, 3.8) is 0 Å². The number of nitrogens with zero attached hydrogens (tertiary/aromatic N) is 1. The quantitative estimate of drug-likeness (QED) is 0.223. The van der Waals surface area contributed by atoms with Crippen LogP contribution in [0, 0.1) is 6.92 Å². The summed E-state index contributed by atoms with van der Waals surface area (Å²) < 4.78 is 23.7. The first-order chi connectivity index (χ1) is 20.1. The predicted octanol–water partition coefficient (Wildman–Crippen LogP) is 4.92. The van der Waals surface area contributed by atoms with Crippen molar-refractivity contribution >= 4 is 17.6 Å². The van der Waals surface area contributed by atoms with Crippen molar-refractivity contribution in [2.24, 2.45) is 0 Å². The highest BCUT2D eigenvalue weighted by atomic mass is 35.5. The fourth-order valence-electron chi connectivity index (χ4n) is 4.53. The number of ether oxygens (including phenoxy) is 4.